The second-order valence-corrected chi connectivity index (χ2v) is 7.90. The van der Waals surface area contributed by atoms with Crippen molar-refractivity contribution in [3.63, 3.8) is 0 Å². The molecule has 0 aliphatic heterocycles. The minimum Gasteiger partial charge on any atom is -0.497 e. The van der Waals surface area contributed by atoms with Crippen LogP contribution in [0.3, 0.4) is 0 Å². The van der Waals surface area contributed by atoms with Gasteiger partial charge in [0, 0.05) is 16.8 Å². The number of rotatable bonds is 7. The third-order valence-corrected chi connectivity index (χ3v) is 4.92. The average molecular weight is 443 g/mol. The van der Waals surface area contributed by atoms with E-state index >= 15 is 0 Å². The quantitative estimate of drug-likeness (QED) is 0.421. The number of hydrogen-bond acceptors (Lipinski definition) is 5. The smallest absolute Gasteiger partial charge is 0.336 e. The van der Waals surface area contributed by atoms with Crippen LogP contribution in [0.1, 0.15) is 29.8 Å². The molecule has 0 bridgehead atoms. The third-order valence-electron chi connectivity index (χ3n) is 4.92. The maximum atomic E-state index is 12.7. The van der Waals surface area contributed by atoms with Crippen LogP contribution in [0, 0.1) is 6.92 Å². The molecule has 0 atom stereocenters. The predicted molar refractivity (Wildman–Crippen MR) is 128 cm³/mol. The summed E-state index contributed by atoms with van der Waals surface area (Å²) in [6, 6.07) is 22.8. The highest BCUT2D eigenvalue weighted by molar-refractivity contribution is 6.04. The second kappa shape index (κ2) is 9.56. The van der Waals surface area contributed by atoms with Crippen molar-refractivity contribution in [2.45, 2.75) is 26.9 Å². The molecule has 168 valence electrons. The molecule has 7 heteroatoms. The Morgan fingerprint density at radius 1 is 1.00 bits per heavy atom. The zero-order chi connectivity index (χ0) is 23.4. The van der Waals surface area contributed by atoms with E-state index in [-0.39, 0.29) is 18.0 Å². The minimum absolute atomic E-state index is 0.0702. The molecule has 1 aromatic heterocycles. The Morgan fingerprint density at radius 2 is 1.76 bits per heavy atom. The fourth-order valence-corrected chi connectivity index (χ4v) is 3.31. The van der Waals surface area contributed by atoms with E-state index in [1.807, 2.05) is 93.6 Å². The third kappa shape index (κ3) is 5.20. The van der Waals surface area contributed by atoms with Crippen LogP contribution in [0.25, 0.3) is 17.1 Å². The first-order valence-corrected chi connectivity index (χ1v) is 10.7. The molecule has 0 aliphatic carbocycles. The number of benzene rings is 3. The van der Waals surface area contributed by atoms with Crippen molar-refractivity contribution >= 4 is 11.6 Å². The number of methoxy groups -OCH3 is 1. The number of ether oxygens (including phenoxy) is 2. The maximum Gasteiger partial charge on any atom is 0.336 e. The van der Waals surface area contributed by atoms with Gasteiger partial charge in [-0.15, -0.1) is 5.10 Å². The van der Waals surface area contributed by atoms with E-state index in [9.17, 15) is 4.79 Å². The fourth-order valence-electron chi connectivity index (χ4n) is 3.31. The average Bonchev–Trinajstić information content (AvgIpc) is 3.23. The largest absolute Gasteiger partial charge is 0.497 e. The summed E-state index contributed by atoms with van der Waals surface area (Å²) >= 11 is 0. The van der Waals surface area contributed by atoms with Crippen molar-refractivity contribution in [1.82, 2.24) is 14.8 Å². The Kier molecular flexibility index (Phi) is 6.40. The first kappa shape index (κ1) is 22.1. The number of carbonyl (C=O) groups is 1. The van der Waals surface area contributed by atoms with Gasteiger partial charge in [-0.3, -0.25) is 4.79 Å². The number of aromatic nitrogens is 3. The van der Waals surface area contributed by atoms with Crippen LogP contribution < -0.4 is 14.8 Å². The van der Waals surface area contributed by atoms with Crippen molar-refractivity contribution < 1.29 is 14.3 Å². The molecule has 4 aromatic rings. The number of carbonyl (C=O) groups excluding carboxylic acids is 1. The molecule has 0 saturated carbocycles. The van der Waals surface area contributed by atoms with Crippen LogP contribution in [0.4, 0.5) is 5.69 Å². The number of hydrogen-bond donors (Lipinski definition) is 1. The summed E-state index contributed by atoms with van der Waals surface area (Å²) in [4.78, 5) is 17.3. The summed E-state index contributed by atoms with van der Waals surface area (Å²) in [5, 5.41) is 7.52. The second-order valence-electron chi connectivity index (χ2n) is 7.90. The SMILES string of the molecule is COc1cccc(-c2nc(OC(C)C)nn2-c2cccc(NC(=O)c3ccc(C)cc3)c2)c1. The summed E-state index contributed by atoms with van der Waals surface area (Å²) in [6.45, 7) is 5.83. The standard InChI is InChI=1S/C26H26N4O3/c1-17(2)33-26-28-24(20-7-5-10-23(15-20)32-4)30(29-26)22-9-6-8-21(16-22)27-25(31)19-13-11-18(3)12-14-19/h5-17H,1-4H3,(H,27,31). The van der Waals surface area contributed by atoms with E-state index in [2.05, 4.69) is 15.4 Å². The van der Waals surface area contributed by atoms with E-state index in [0.29, 0.717) is 22.8 Å². The van der Waals surface area contributed by atoms with Gasteiger partial charge in [0.15, 0.2) is 5.82 Å². The van der Waals surface area contributed by atoms with Gasteiger partial charge in [-0.2, -0.15) is 4.98 Å². The first-order chi connectivity index (χ1) is 15.9. The lowest BCUT2D eigenvalue weighted by Crippen LogP contribution is -2.12. The van der Waals surface area contributed by atoms with Gasteiger partial charge in [0.25, 0.3) is 5.91 Å². The molecule has 0 unspecified atom stereocenters. The molecule has 0 aliphatic rings. The highest BCUT2D eigenvalue weighted by Crippen LogP contribution is 2.28. The Balaban J connectivity index is 1.69. The molecule has 0 fully saturated rings. The number of amides is 1. The van der Waals surface area contributed by atoms with Gasteiger partial charge >= 0.3 is 6.01 Å². The topological polar surface area (TPSA) is 78.3 Å². The zero-order valence-corrected chi connectivity index (χ0v) is 19.1. The summed E-state index contributed by atoms with van der Waals surface area (Å²) in [5.41, 5.74) is 3.91. The van der Waals surface area contributed by atoms with Gasteiger partial charge in [-0.1, -0.05) is 35.9 Å². The lowest BCUT2D eigenvalue weighted by atomic mass is 10.1. The molecule has 0 radical (unpaired) electrons. The number of aryl methyl sites for hydroxylation is 1. The summed E-state index contributed by atoms with van der Waals surface area (Å²) < 4.78 is 12.8. The van der Waals surface area contributed by atoms with Crippen molar-refractivity contribution in [3.05, 3.63) is 83.9 Å². The van der Waals surface area contributed by atoms with Gasteiger partial charge in [0.2, 0.25) is 0 Å². The molecule has 1 amide bonds. The molecule has 0 saturated heterocycles. The van der Waals surface area contributed by atoms with E-state index in [0.717, 1.165) is 16.8 Å². The Labute approximate surface area is 193 Å². The first-order valence-electron chi connectivity index (χ1n) is 10.7. The lowest BCUT2D eigenvalue weighted by molar-refractivity contribution is 0.102. The summed E-state index contributed by atoms with van der Waals surface area (Å²) in [6.07, 6.45) is -0.0702. The highest BCUT2D eigenvalue weighted by atomic mass is 16.5. The number of nitrogens with zero attached hydrogens (tertiary/aromatic N) is 3. The molecule has 3 aromatic carbocycles. The lowest BCUT2D eigenvalue weighted by Gasteiger charge is -2.10. The monoisotopic (exact) mass is 442 g/mol. The molecular formula is C26H26N4O3. The molecule has 7 nitrogen and oxygen atoms in total. The van der Waals surface area contributed by atoms with Gasteiger partial charge < -0.3 is 14.8 Å². The van der Waals surface area contributed by atoms with Crippen molar-refractivity contribution in [3.8, 4) is 28.8 Å². The van der Waals surface area contributed by atoms with E-state index in [4.69, 9.17) is 9.47 Å². The maximum absolute atomic E-state index is 12.7. The molecule has 1 heterocycles. The Morgan fingerprint density at radius 3 is 2.48 bits per heavy atom. The summed E-state index contributed by atoms with van der Waals surface area (Å²) in [5.74, 6) is 1.14. The van der Waals surface area contributed by atoms with Gasteiger partial charge in [-0.05, 0) is 63.2 Å². The van der Waals surface area contributed by atoms with Gasteiger partial charge in [0.1, 0.15) is 5.75 Å². The Bertz CT molecular complexity index is 1260. The minimum atomic E-state index is -0.178. The van der Waals surface area contributed by atoms with Crippen LogP contribution in [0.15, 0.2) is 72.8 Å². The van der Waals surface area contributed by atoms with Gasteiger partial charge in [-0.25, -0.2) is 4.68 Å². The molecular weight excluding hydrogens is 416 g/mol. The van der Waals surface area contributed by atoms with Crippen molar-refractivity contribution in [2.75, 3.05) is 12.4 Å². The summed E-state index contributed by atoms with van der Waals surface area (Å²) in [7, 11) is 1.62. The predicted octanol–water partition coefficient (Wildman–Crippen LogP) is 5.29. The molecule has 1 N–H and O–H groups in total. The molecule has 0 spiro atoms. The van der Waals surface area contributed by atoms with Crippen LogP contribution in [-0.4, -0.2) is 33.9 Å². The fraction of sp³-hybridized carbons (Fsp3) is 0.192. The molecule has 4 rings (SSSR count). The highest BCUT2D eigenvalue weighted by Gasteiger charge is 2.17. The van der Waals surface area contributed by atoms with Crippen molar-refractivity contribution in [2.24, 2.45) is 0 Å². The van der Waals surface area contributed by atoms with E-state index < -0.39 is 0 Å². The van der Waals surface area contributed by atoms with E-state index in [1.54, 1.807) is 11.8 Å². The van der Waals surface area contributed by atoms with Crippen LogP contribution in [-0.2, 0) is 0 Å². The van der Waals surface area contributed by atoms with Crippen molar-refractivity contribution in [1.29, 1.82) is 0 Å². The van der Waals surface area contributed by atoms with Crippen LogP contribution in [0.2, 0.25) is 0 Å². The van der Waals surface area contributed by atoms with Crippen LogP contribution >= 0.6 is 0 Å². The van der Waals surface area contributed by atoms with E-state index in [1.165, 1.54) is 0 Å². The van der Waals surface area contributed by atoms with Crippen LogP contribution in [0.5, 0.6) is 11.8 Å². The Hall–Kier alpha value is -4.13. The zero-order valence-electron chi connectivity index (χ0n) is 19.1. The number of nitrogens with one attached hydrogen (secondary N) is 1. The normalized spacial score (nSPS) is 10.8. The molecule has 33 heavy (non-hydrogen) atoms. The number of anilines is 1. The van der Waals surface area contributed by atoms with Gasteiger partial charge in [0.05, 0.1) is 18.9 Å².